The van der Waals surface area contributed by atoms with Crippen LogP contribution in [0.25, 0.3) is 33.4 Å². The fourth-order valence-electron chi connectivity index (χ4n) is 5.05. The Labute approximate surface area is 242 Å². The Morgan fingerprint density at radius 3 is 2.49 bits per heavy atom. The van der Waals surface area contributed by atoms with Crippen LogP contribution in [0, 0.1) is 24.4 Å². The number of fused-ring (bicyclic) bond motifs is 1. The van der Waals surface area contributed by atoms with Crippen LogP contribution >= 0.6 is 0 Å². The highest BCUT2D eigenvalue weighted by Gasteiger charge is 2.22. The normalized spacial score (nSPS) is 13.5. The summed E-state index contributed by atoms with van der Waals surface area (Å²) in [6, 6.07) is 12.5. The molecule has 0 atom stereocenters. The van der Waals surface area contributed by atoms with Crippen LogP contribution < -0.4 is 15.0 Å². The first kappa shape index (κ1) is 28.3. The van der Waals surface area contributed by atoms with E-state index in [-0.39, 0.29) is 10.9 Å². The lowest BCUT2D eigenvalue weighted by atomic mass is 10.0. The maximum atomic E-state index is 15.4. The highest BCUT2D eigenvalue weighted by molar-refractivity contribution is 5.99. The number of nitrogens with zero attached hydrogens (tertiary/aromatic N) is 4. The number of anilines is 3. The molecule has 4 heterocycles. The Balaban J connectivity index is 1.54. The number of hydrogen-bond acceptors (Lipinski definition) is 7. The van der Waals surface area contributed by atoms with Crippen LogP contribution in [-0.2, 0) is 4.74 Å². The number of benzene rings is 2. The number of alkyl halides is 2. The molecule has 1 fully saturated rings. The Morgan fingerprint density at radius 2 is 1.77 bits per heavy atom. The molecule has 6 rings (SSSR count). The van der Waals surface area contributed by atoms with Gasteiger partial charge in [-0.3, -0.25) is 4.98 Å². The number of aromatic nitrogens is 3. The van der Waals surface area contributed by atoms with Crippen molar-refractivity contribution in [2.24, 2.45) is 0 Å². The van der Waals surface area contributed by atoms with E-state index in [0.717, 1.165) is 24.3 Å². The molecule has 3 aromatic heterocycles. The highest BCUT2D eigenvalue weighted by Crippen LogP contribution is 2.40. The zero-order chi connectivity index (χ0) is 30.1. The molecule has 0 amide bonds. The molecule has 1 aliphatic rings. The van der Waals surface area contributed by atoms with Gasteiger partial charge < -0.3 is 19.7 Å². The lowest BCUT2D eigenvalue weighted by molar-refractivity contribution is -0.0521. The third-order valence-electron chi connectivity index (χ3n) is 7.10. The van der Waals surface area contributed by atoms with Crippen molar-refractivity contribution >= 4 is 28.1 Å². The maximum absolute atomic E-state index is 15.4. The Hall–Kier alpha value is -4.84. The SMILES string of the molecule is Cc1c(-c2ccccn2)nc2cc(F)cc(F)c2c1Nc1cc(N2CCOCC2)ncc1-c1ccc(OC(F)F)c(F)c1. The van der Waals surface area contributed by atoms with Crippen LogP contribution in [0.4, 0.5) is 39.1 Å². The second-order valence-electron chi connectivity index (χ2n) is 9.79. The zero-order valence-corrected chi connectivity index (χ0v) is 22.8. The summed E-state index contributed by atoms with van der Waals surface area (Å²) in [7, 11) is 0. The van der Waals surface area contributed by atoms with Gasteiger partial charge in [-0.2, -0.15) is 8.78 Å². The van der Waals surface area contributed by atoms with Gasteiger partial charge in [0.2, 0.25) is 0 Å². The molecule has 7 nitrogen and oxygen atoms in total. The van der Waals surface area contributed by atoms with Gasteiger partial charge in [0, 0.05) is 54.8 Å². The van der Waals surface area contributed by atoms with Gasteiger partial charge in [0.05, 0.1) is 46.9 Å². The first-order valence-corrected chi connectivity index (χ1v) is 13.3. The van der Waals surface area contributed by atoms with Gasteiger partial charge in [-0.25, -0.2) is 23.1 Å². The van der Waals surface area contributed by atoms with Crippen LogP contribution in [0.2, 0.25) is 0 Å². The van der Waals surface area contributed by atoms with E-state index in [1.807, 2.05) is 4.90 Å². The van der Waals surface area contributed by atoms with E-state index in [1.165, 1.54) is 12.3 Å². The van der Waals surface area contributed by atoms with E-state index in [9.17, 15) is 17.6 Å². The second kappa shape index (κ2) is 11.8. The standard InChI is InChI=1S/C31H24F5N5O2/c1-17-29(23-4-2-3-7-37-23)40-25-14-19(32)13-22(34)28(25)30(17)39-24-15-27(41-8-10-42-11-9-41)38-16-20(24)18-5-6-26(21(33)12-18)43-31(35)36/h2-7,12-16,31H,8-11H2,1H3,(H,38,39,40). The van der Waals surface area contributed by atoms with Crippen molar-refractivity contribution in [1.29, 1.82) is 0 Å². The average molecular weight is 594 g/mol. The largest absolute Gasteiger partial charge is 0.432 e. The van der Waals surface area contributed by atoms with Crippen LogP contribution in [-0.4, -0.2) is 47.9 Å². The third-order valence-corrected chi connectivity index (χ3v) is 7.10. The predicted octanol–water partition coefficient (Wildman–Crippen LogP) is 7.27. The quantitative estimate of drug-likeness (QED) is 0.199. The van der Waals surface area contributed by atoms with E-state index in [2.05, 4.69) is 25.0 Å². The minimum absolute atomic E-state index is 0.0427. The molecule has 0 radical (unpaired) electrons. The molecule has 1 aliphatic heterocycles. The van der Waals surface area contributed by atoms with Crippen molar-refractivity contribution in [2.45, 2.75) is 13.5 Å². The van der Waals surface area contributed by atoms with E-state index < -0.39 is 29.8 Å². The summed E-state index contributed by atoms with van der Waals surface area (Å²) in [5.74, 6) is -2.64. The molecule has 0 spiro atoms. The van der Waals surface area contributed by atoms with Gasteiger partial charge in [-0.15, -0.1) is 0 Å². The minimum Gasteiger partial charge on any atom is -0.432 e. The molecule has 0 aliphatic carbocycles. The van der Waals surface area contributed by atoms with Gasteiger partial charge in [0.25, 0.3) is 0 Å². The Bertz CT molecular complexity index is 1800. The van der Waals surface area contributed by atoms with Crippen molar-refractivity contribution in [3.05, 3.63) is 90.0 Å². The number of ether oxygens (including phenoxy) is 2. The van der Waals surface area contributed by atoms with Gasteiger partial charge in [0.1, 0.15) is 17.5 Å². The highest BCUT2D eigenvalue weighted by atomic mass is 19.3. The molecular formula is C31H24F5N5O2. The zero-order valence-electron chi connectivity index (χ0n) is 22.8. The van der Waals surface area contributed by atoms with Crippen LogP contribution in [0.3, 0.4) is 0 Å². The average Bonchev–Trinajstić information content (AvgIpc) is 3.00. The van der Waals surface area contributed by atoms with E-state index in [1.54, 1.807) is 37.4 Å². The first-order valence-electron chi connectivity index (χ1n) is 13.3. The summed E-state index contributed by atoms with van der Waals surface area (Å²) < 4.78 is 79.8. The second-order valence-corrected chi connectivity index (χ2v) is 9.79. The van der Waals surface area contributed by atoms with Crippen molar-refractivity contribution in [2.75, 3.05) is 36.5 Å². The predicted molar refractivity (Wildman–Crippen MR) is 152 cm³/mol. The smallest absolute Gasteiger partial charge is 0.387 e. The van der Waals surface area contributed by atoms with Crippen molar-refractivity contribution in [1.82, 2.24) is 15.0 Å². The fourth-order valence-corrected chi connectivity index (χ4v) is 5.05. The van der Waals surface area contributed by atoms with Gasteiger partial charge in [-0.1, -0.05) is 12.1 Å². The lowest BCUT2D eigenvalue weighted by Gasteiger charge is -2.28. The van der Waals surface area contributed by atoms with Crippen molar-refractivity contribution in [3.8, 4) is 28.3 Å². The van der Waals surface area contributed by atoms with Gasteiger partial charge >= 0.3 is 6.61 Å². The number of halogens is 5. The topological polar surface area (TPSA) is 72.4 Å². The third kappa shape index (κ3) is 5.78. The van der Waals surface area contributed by atoms with Crippen LogP contribution in [0.15, 0.2) is 67.0 Å². The van der Waals surface area contributed by atoms with Crippen molar-refractivity contribution in [3.63, 3.8) is 0 Å². The maximum Gasteiger partial charge on any atom is 0.387 e. The molecule has 0 bridgehead atoms. The summed E-state index contributed by atoms with van der Waals surface area (Å²) >= 11 is 0. The molecule has 0 unspecified atom stereocenters. The van der Waals surface area contributed by atoms with E-state index >= 15 is 4.39 Å². The molecular weight excluding hydrogens is 569 g/mol. The van der Waals surface area contributed by atoms with Crippen molar-refractivity contribution < 1.29 is 31.4 Å². The monoisotopic (exact) mass is 593 g/mol. The molecule has 1 N–H and O–H groups in total. The van der Waals surface area contributed by atoms with E-state index in [0.29, 0.717) is 71.6 Å². The summed E-state index contributed by atoms with van der Waals surface area (Å²) in [4.78, 5) is 15.5. The van der Waals surface area contributed by atoms with Crippen LogP contribution in [0.1, 0.15) is 5.56 Å². The summed E-state index contributed by atoms with van der Waals surface area (Å²) in [5, 5.41) is 3.34. The van der Waals surface area contributed by atoms with E-state index in [4.69, 9.17) is 4.74 Å². The molecule has 5 aromatic rings. The number of rotatable bonds is 7. The molecule has 0 saturated carbocycles. The lowest BCUT2D eigenvalue weighted by Crippen LogP contribution is -2.36. The summed E-state index contributed by atoms with van der Waals surface area (Å²) in [6.45, 7) is 0.705. The minimum atomic E-state index is -3.19. The molecule has 43 heavy (non-hydrogen) atoms. The molecule has 12 heteroatoms. The molecule has 2 aromatic carbocycles. The summed E-state index contributed by atoms with van der Waals surface area (Å²) in [5.41, 5.74) is 2.89. The Kier molecular flexibility index (Phi) is 7.76. The van der Waals surface area contributed by atoms with Crippen LogP contribution in [0.5, 0.6) is 5.75 Å². The van der Waals surface area contributed by atoms with Gasteiger partial charge in [0.15, 0.2) is 11.6 Å². The molecule has 1 saturated heterocycles. The first-order chi connectivity index (χ1) is 20.8. The fraction of sp³-hybridized carbons (Fsp3) is 0.194. The number of pyridine rings is 3. The number of nitrogens with one attached hydrogen (secondary N) is 1. The van der Waals surface area contributed by atoms with Gasteiger partial charge in [-0.05, 0) is 36.8 Å². The Morgan fingerprint density at radius 1 is 0.953 bits per heavy atom. The molecule has 220 valence electrons. The summed E-state index contributed by atoms with van der Waals surface area (Å²) in [6.07, 6.45) is 3.11. The number of morpholine rings is 1. The number of hydrogen-bond donors (Lipinski definition) is 1.